The number of aromatic nitrogens is 4. The fraction of sp³-hybridized carbons (Fsp3) is 0. The average Bonchev–Trinajstić information content (AvgIpc) is 3.23. The number of hydrogen-bond donors (Lipinski definition) is 1. The maximum absolute atomic E-state index is 13.5. The van der Waals surface area contributed by atoms with Crippen molar-refractivity contribution in [1.29, 1.82) is 0 Å². The Balaban J connectivity index is 1.84. The normalized spacial score (nSPS) is 12.4. The van der Waals surface area contributed by atoms with Crippen molar-refractivity contribution in [1.82, 2.24) is 19.5 Å². The van der Waals surface area contributed by atoms with Gasteiger partial charge in [-0.1, -0.05) is 6.07 Å². The molecule has 6 nitrogen and oxygen atoms in total. The van der Waals surface area contributed by atoms with E-state index in [0.717, 1.165) is 17.3 Å². The van der Waals surface area contributed by atoms with Crippen molar-refractivity contribution in [2.75, 3.05) is 0 Å². The fourth-order valence-corrected chi connectivity index (χ4v) is 3.15. The standard InChI is InChI=1S/C18H9FN4O2/c19-10-2-4-15-12(6-10)16(24)17-22-13-3-1-9(14-7-20-8-21-14)5-11(13)18(25)23(15)17/h1-8H,(H,20,21). The number of aromatic amines is 1. The first-order chi connectivity index (χ1) is 12.1. The molecule has 0 fully saturated rings. The molecule has 1 aliphatic heterocycles. The molecule has 0 amide bonds. The van der Waals surface area contributed by atoms with Crippen molar-refractivity contribution in [3.8, 4) is 16.9 Å². The molecule has 25 heavy (non-hydrogen) atoms. The first-order valence-electron chi connectivity index (χ1n) is 7.54. The van der Waals surface area contributed by atoms with Crippen LogP contribution in [0.5, 0.6) is 0 Å². The van der Waals surface area contributed by atoms with Crippen LogP contribution in [0.2, 0.25) is 0 Å². The highest BCUT2D eigenvalue weighted by atomic mass is 19.1. The SMILES string of the molecule is O=C1c2cc(F)ccc2-n2c1nc1ccc(-c3cnc[nH]3)cc1c2=O. The Kier molecular flexibility index (Phi) is 2.59. The van der Waals surface area contributed by atoms with Gasteiger partial charge in [-0.05, 0) is 30.3 Å². The van der Waals surface area contributed by atoms with Crippen LogP contribution in [0.15, 0.2) is 53.7 Å². The third-order valence-corrected chi connectivity index (χ3v) is 4.32. The number of halogens is 1. The number of fused-ring (bicyclic) bond motifs is 4. The molecule has 1 aliphatic rings. The van der Waals surface area contributed by atoms with E-state index in [1.165, 1.54) is 16.7 Å². The third-order valence-electron chi connectivity index (χ3n) is 4.32. The van der Waals surface area contributed by atoms with E-state index in [9.17, 15) is 14.0 Å². The number of benzene rings is 2. The van der Waals surface area contributed by atoms with Crippen molar-refractivity contribution in [3.05, 3.63) is 76.5 Å². The Morgan fingerprint density at radius 1 is 1.08 bits per heavy atom. The average molecular weight is 332 g/mol. The predicted molar refractivity (Wildman–Crippen MR) is 88.3 cm³/mol. The smallest absolute Gasteiger partial charge is 0.266 e. The second kappa shape index (κ2) is 4.70. The second-order valence-electron chi connectivity index (χ2n) is 5.76. The molecule has 120 valence electrons. The summed E-state index contributed by atoms with van der Waals surface area (Å²) in [6.45, 7) is 0. The number of hydrogen-bond acceptors (Lipinski definition) is 4. The van der Waals surface area contributed by atoms with Crippen molar-refractivity contribution in [2.45, 2.75) is 0 Å². The zero-order chi connectivity index (χ0) is 17.1. The van der Waals surface area contributed by atoms with E-state index in [0.29, 0.717) is 16.6 Å². The lowest BCUT2D eigenvalue weighted by Gasteiger charge is -2.06. The summed E-state index contributed by atoms with van der Waals surface area (Å²) in [7, 11) is 0. The van der Waals surface area contributed by atoms with E-state index in [1.807, 2.05) is 0 Å². The maximum Gasteiger partial charge on any atom is 0.266 e. The molecule has 4 aromatic rings. The first-order valence-corrected chi connectivity index (χ1v) is 7.54. The highest BCUT2D eigenvalue weighted by Crippen LogP contribution is 2.28. The van der Waals surface area contributed by atoms with Crippen LogP contribution in [0, 0.1) is 5.82 Å². The Morgan fingerprint density at radius 2 is 1.96 bits per heavy atom. The summed E-state index contributed by atoms with van der Waals surface area (Å²) in [4.78, 5) is 36.8. The van der Waals surface area contributed by atoms with Gasteiger partial charge in [0.2, 0.25) is 5.78 Å². The third kappa shape index (κ3) is 1.83. The van der Waals surface area contributed by atoms with Gasteiger partial charge in [0, 0.05) is 5.56 Å². The number of H-pyrrole nitrogens is 1. The molecule has 1 N–H and O–H groups in total. The van der Waals surface area contributed by atoms with E-state index in [-0.39, 0.29) is 16.9 Å². The summed E-state index contributed by atoms with van der Waals surface area (Å²) >= 11 is 0. The number of nitrogens with one attached hydrogen (secondary N) is 1. The number of nitrogens with zero attached hydrogens (tertiary/aromatic N) is 3. The number of carbonyl (C=O) groups excluding carboxylic acids is 1. The highest BCUT2D eigenvalue weighted by Gasteiger charge is 2.30. The largest absolute Gasteiger partial charge is 0.345 e. The quantitative estimate of drug-likeness (QED) is 0.511. The molecular formula is C18H9FN4O2. The summed E-state index contributed by atoms with van der Waals surface area (Å²) in [5.41, 5.74) is 2.11. The van der Waals surface area contributed by atoms with Gasteiger partial charge < -0.3 is 4.98 Å². The summed E-state index contributed by atoms with van der Waals surface area (Å²) in [5, 5.41) is 0.376. The molecule has 2 aromatic carbocycles. The highest BCUT2D eigenvalue weighted by molar-refractivity contribution is 6.13. The van der Waals surface area contributed by atoms with Gasteiger partial charge in [0.15, 0.2) is 5.82 Å². The maximum atomic E-state index is 13.5. The first kappa shape index (κ1) is 13.8. The molecule has 2 aromatic heterocycles. The van der Waals surface area contributed by atoms with Gasteiger partial charge in [0.1, 0.15) is 5.82 Å². The van der Waals surface area contributed by atoms with E-state index >= 15 is 0 Å². The number of imidazole rings is 1. The van der Waals surface area contributed by atoms with Gasteiger partial charge in [-0.2, -0.15) is 0 Å². The van der Waals surface area contributed by atoms with E-state index < -0.39 is 11.6 Å². The second-order valence-corrected chi connectivity index (χ2v) is 5.76. The van der Waals surface area contributed by atoms with Crippen molar-refractivity contribution in [2.24, 2.45) is 0 Å². The van der Waals surface area contributed by atoms with Crippen LogP contribution in [-0.2, 0) is 0 Å². The monoisotopic (exact) mass is 332 g/mol. The Hall–Kier alpha value is -3.61. The summed E-state index contributed by atoms with van der Waals surface area (Å²) in [6, 6.07) is 8.96. The van der Waals surface area contributed by atoms with Gasteiger partial charge in [-0.25, -0.2) is 14.4 Å². The molecule has 0 unspecified atom stereocenters. The van der Waals surface area contributed by atoms with Gasteiger partial charge in [0.05, 0.1) is 40.4 Å². The van der Waals surface area contributed by atoms with Gasteiger partial charge in [0.25, 0.3) is 5.56 Å². The van der Waals surface area contributed by atoms with Crippen molar-refractivity contribution >= 4 is 16.7 Å². The molecule has 5 rings (SSSR count). The minimum atomic E-state index is -0.529. The zero-order valence-electron chi connectivity index (χ0n) is 12.7. The van der Waals surface area contributed by atoms with E-state index in [2.05, 4.69) is 15.0 Å². The van der Waals surface area contributed by atoms with Crippen LogP contribution < -0.4 is 5.56 Å². The Morgan fingerprint density at radius 3 is 2.76 bits per heavy atom. The number of carbonyl (C=O) groups is 1. The predicted octanol–water partition coefficient (Wildman–Crippen LogP) is 2.46. The van der Waals surface area contributed by atoms with Crippen molar-refractivity contribution < 1.29 is 9.18 Å². The van der Waals surface area contributed by atoms with Gasteiger partial charge in [-0.15, -0.1) is 0 Å². The van der Waals surface area contributed by atoms with Crippen LogP contribution in [0.25, 0.3) is 27.8 Å². The molecule has 7 heteroatoms. The molecule has 0 saturated carbocycles. The molecule has 0 atom stereocenters. The lowest BCUT2D eigenvalue weighted by Crippen LogP contribution is -2.21. The Labute approximate surface area is 139 Å². The number of ketones is 1. The molecule has 0 bridgehead atoms. The molecular weight excluding hydrogens is 323 g/mol. The van der Waals surface area contributed by atoms with Crippen LogP contribution in [-0.4, -0.2) is 25.3 Å². The van der Waals surface area contributed by atoms with E-state index in [4.69, 9.17) is 0 Å². The van der Waals surface area contributed by atoms with Crippen LogP contribution >= 0.6 is 0 Å². The fourth-order valence-electron chi connectivity index (χ4n) is 3.15. The minimum absolute atomic E-state index is 0.00684. The molecule has 0 saturated heterocycles. The van der Waals surface area contributed by atoms with Crippen LogP contribution in [0.1, 0.15) is 16.2 Å². The number of rotatable bonds is 1. The lowest BCUT2D eigenvalue weighted by atomic mass is 10.1. The van der Waals surface area contributed by atoms with Crippen LogP contribution in [0.3, 0.4) is 0 Å². The molecule has 3 heterocycles. The topological polar surface area (TPSA) is 80.6 Å². The van der Waals surface area contributed by atoms with Crippen molar-refractivity contribution in [3.63, 3.8) is 0 Å². The molecule has 0 radical (unpaired) electrons. The van der Waals surface area contributed by atoms with Crippen LogP contribution in [0.4, 0.5) is 4.39 Å². The Bertz CT molecular complexity index is 1240. The minimum Gasteiger partial charge on any atom is -0.345 e. The van der Waals surface area contributed by atoms with Gasteiger partial charge in [-0.3, -0.25) is 14.2 Å². The molecule has 0 aliphatic carbocycles. The summed E-state index contributed by atoms with van der Waals surface area (Å²) < 4.78 is 14.7. The summed E-state index contributed by atoms with van der Waals surface area (Å²) in [6.07, 6.45) is 3.21. The summed E-state index contributed by atoms with van der Waals surface area (Å²) in [5.74, 6) is -0.974. The van der Waals surface area contributed by atoms with E-state index in [1.54, 1.807) is 30.7 Å². The van der Waals surface area contributed by atoms with Gasteiger partial charge >= 0.3 is 0 Å². The zero-order valence-corrected chi connectivity index (χ0v) is 12.7. The lowest BCUT2D eigenvalue weighted by molar-refractivity contribution is 0.103. The molecule has 0 spiro atoms.